The number of nitrogens with one attached hydrogen (secondary N) is 1. The lowest BCUT2D eigenvalue weighted by Gasteiger charge is -2.31. The maximum Gasteiger partial charge on any atom is 0.0897 e. The van der Waals surface area contributed by atoms with Crippen molar-refractivity contribution in [1.82, 2.24) is 15.2 Å². The highest BCUT2D eigenvalue weighted by molar-refractivity contribution is 7.11. The maximum absolute atomic E-state index is 4.28. The first-order chi connectivity index (χ1) is 6.74. The Labute approximate surface area is 101 Å². The summed E-state index contributed by atoms with van der Waals surface area (Å²) in [5, 5.41) is 4.62. The van der Waals surface area contributed by atoms with Crippen molar-refractivity contribution in [3.63, 3.8) is 0 Å². The monoisotopic (exact) mass is 247 g/mol. The van der Waals surface area contributed by atoms with E-state index in [2.05, 4.69) is 29.0 Å². The third-order valence-corrected chi connectivity index (χ3v) is 3.40. The molecule has 0 aromatic carbocycles. The van der Waals surface area contributed by atoms with Gasteiger partial charge in [-0.15, -0.1) is 23.7 Å². The molecule has 2 rings (SSSR count). The quantitative estimate of drug-likeness (QED) is 0.862. The smallest absolute Gasteiger partial charge is 0.0897 e. The highest BCUT2D eigenvalue weighted by Gasteiger charge is 2.15. The first kappa shape index (κ1) is 12.9. The highest BCUT2D eigenvalue weighted by atomic mass is 35.5. The summed E-state index contributed by atoms with van der Waals surface area (Å²) >= 11 is 1.81. The van der Waals surface area contributed by atoms with Crippen LogP contribution in [0.2, 0.25) is 0 Å². The number of nitrogens with zero attached hydrogens (tertiary/aromatic N) is 2. The molecule has 15 heavy (non-hydrogen) atoms. The molecule has 0 bridgehead atoms. The second kappa shape index (κ2) is 5.80. The van der Waals surface area contributed by atoms with Gasteiger partial charge in [-0.05, 0) is 13.8 Å². The van der Waals surface area contributed by atoms with Gasteiger partial charge < -0.3 is 5.32 Å². The van der Waals surface area contributed by atoms with Crippen molar-refractivity contribution < 1.29 is 0 Å². The predicted molar refractivity (Wildman–Crippen MR) is 66.8 cm³/mol. The van der Waals surface area contributed by atoms with Crippen molar-refractivity contribution in [2.45, 2.75) is 26.4 Å². The van der Waals surface area contributed by atoms with E-state index in [-0.39, 0.29) is 12.4 Å². The SMILES string of the molecule is Cc1ncc(CN2CCNC(C)C2)s1.Cl. The summed E-state index contributed by atoms with van der Waals surface area (Å²) < 4.78 is 0. The first-order valence-electron chi connectivity index (χ1n) is 5.11. The van der Waals surface area contributed by atoms with Crippen LogP contribution in [0, 0.1) is 6.92 Å². The summed E-state index contributed by atoms with van der Waals surface area (Å²) in [5.41, 5.74) is 0. The maximum atomic E-state index is 4.28. The summed E-state index contributed by atoms with van der Waals surface area (Å²) in [7, 11) is 0. The van der Waals surface area contributed by atoms with Crippen LogP contribution in [0.25, 0.3) is 0 Å². The number of aryl methyl sites for hydroxylation is 1. The zero-order valence-electron chi connectivity index (χ0n) is 9.19. The highest BCUT2D eigenvalue weighted by Crippen LogP contribution is 2.14. The molecule has 0 saturated carbocycles. The molecule has 1 aromatic heterocycles. The van der Waals surface area contributed by atoms with Crippen LogP contribution >= 0.6 is 23.7 Å². The molecule has 1 unspecified atom stereocenters. The molecule has 1 atom stereocenters. The third-order valence-electron chi connectivity index (χ3n) is 2.50. The second-order valence-corrected chi connectivity index (χ2v) is 5.26. The molecule has 1 aliphatic rings. The van der Waals surface area contributed by atoms with E-state index >= 15 is 0 Å². The topological polar surface area (TPSA) is 28.2 Å². The average Bonchev–Trinajstić information content (AvgIpc) is 2.51. The van der Waals surface area contributed by atoms with Crippen LogP contribution in [-0.4, -0.2) is 35.6 Å². The molecule has 1 N–H and O–H groups in total. The van der Waals surface area contributed by atoms with Crippen molar-refractivity contribution in [2.24, 2.45) is 0 Å². The molecule has 86 valence electrons. The van der Waals surface area contributed by atoms with Gasteiger partial charge in [0.1, 0.15) is 0 Å². The lowest BCUT2D eigenvalue weighted by atomic mass is 10.2. The van der Waals surface area contributed by atoms with E-state index in [1.54, 1.807) is 0 Å². The molecule has 0 aliphatic carbocycles. The Morgan fingerprint density at radius 3 is 3.07 bits per heavy atom. The normalized spacial score (nSPS) is 22.4. The molecule has 2 heterocycles. The predicted octanol–water partition coefficient (Wildman–Crippen LogP) is 1.67. The Balaban J connectivity index is 0.00000112. The summed E-state index contributed by atoms with van der Waals surface area (Å²) in [5.74, 6) is 0. The Hall–Kier alpha value is -0.160. The van der Waals surface area contributed by atoms with Crippen molar-refractivity contribution in [2.75, 3.05) is 19.6 Å². The number of halogens is 1. The van der Waals surface area contributed by atoms with Crippen LogP contribution < -0.4 is 5.32 Å². The summed E-state index contributed by atoms with van der Waals surface area (Å²) in [4.78, 5) is 8.16. The van der Waals surface area contributed by atoms with E-state index in [9.17, 15) is 0 Å². The largest absolute Gasteiger partial charge is 0.312 e. The van der Waals surface area contributed by atoms with Crippen LogP contribution in [0.3, 0.4) is 0 Å². The van der Waals surface area contributed by atoms with Crippen LogP contribution in [0.1, 0.15) is 16.8 Å². The number of rotatable bonds is 2. The summed E-state index contributed by atoms with van der Waals surface area (Å²) in [6, 6.07) is 0.623. The molecule has 1 aliphatic heterocycles. The van der Waals surface area contributed by atoms with Crippen LogP contribution in [0.15, 0.2) is 6.20 Å². The van der Waals surface area contributed by atoms with Gasteiger partial charge in [0.2, 0.25) is 0 Å². The van der Waals surface area contributed by atoms with Crippen LogP contribution in [0.5, 0.6) is 0 Å². The average molecular weight is 248 g/mol. The second-order valence-electron chi connectivity index (χ2n) is 3.94. The zero-order valence-corrected chi connectivity index (χ0v) is 10.8. The zero-order chi connectivity index (χ0) is 9.97. The van der Waals surface area contributed by atoms with Gasteiger partial charge in [-0.25, -0.2) is 4.98 Å². The van der Waals surface area contributed by atoms with Gasteiger partial charge in [0.25, 0.3) is 0 Å². The van der Waals surface area contributed by atoms with Gasteiger partial charge in [0.15, 0.2) is 0 Å². The number of hydrogen-bond acceptors (Lipinski definition) is 4. The Morgan fingerprint density at radius 1 is 1.67 bits per heavy atom. The van der Waals surface area contributed by atoms with Crippen molar-refractivity contribution in [3.05, 3.63) is 16.1 Å². The minimum Gasteiger partial charge on any atom is -0.312 e. The van der Waals surface area contributed by atoms with E-state index in [0.29, 0.717) is 6.04 Å². The van der Waals surface area contributed by atoms with E-state index in [4.69, 9.17) is 0 Å². The summed E-state index contributed by atoms with van der Waals surface area (Å²) in [6.07, 6.45) is 2.01. The molecule has 0 radical (unpaired) electrons. The lowest BCUT2D eigenvalue weighted by molar-refractivity contribution is 0.201. The Kier molecular flexibility index (Phi) is 4.99. The Morgan fingerprint density at radius 2 is 2.47 bits per heavy atom. The molecule has 3 nitrogen and oxygen atoms in total. The fourth-order valence-corrected chi connectivity index (χ4v) is 2.69. The van der Waals surface area contributed by atoms with Gasteiger partial charge in [-0.1, -0.05) is 0 Å². The van der Waals surface area contributed by atoms with Gasteiger partial charge in [0, 0.05) is 43.3 Å². The number of piperazine rings is 1. The Bertz CT molecular complexity index is 303. The molecule has 5 heteroatoms. The first-order valence-corrected chi connectivity index (χ1v) is 5.93. The van der Waals surface area contributed by atoms with Crippen molar-refractivity contribution in [1.29, 1.82) is 0 Å². The number of hydrogen-bond donors (Lipinski definition) is 1. The molecule has 1 fully saturated rings. The summed E-state index contributed by atoms with van der Waals surface area (Å²) in [6.45, 7) is 8.79. The molecular formula is C10H18ClN3S. The minimum atomic E-state index is 0. The molecule has 0 spiro atoms. The van der Waals surface area contributed by atoms with Crippen molar-refractivity contribution >= 4 is 23.7 Å². The van der Waals surface area contributed by atoms with Crippen LogP contribution in [-0.2, 0) is 6.54 Å². The number of thiazole rings is 1. The molecular weight excluding hydrogens is 230 g/mol. The van der Waals surface area contributed by atoms with Gasteiger partial charge >= 0.3 is 0 Å². The van der Waals surface area contributed by atoms with E-state index < -0.39 is 0 Å². The minimum absolute atomic E-state index is 0. The van der Waals surface area contributed by atoms with Gasteiger partial charge in [-0.2, -0.15) is 0 Å². The van der Waals surface area contributed by atoms with E-state index in [1.807, 2.05) is 17.5 Å². The van der Waals surface area contributed by atoms with E-state index in [1.165, 1.54) is 9.88 Å². The molecule has 1 saturated heterocycles. The third kappa shape index (κ3) is 3.72. The van der Waals surface area contributed by atoms with Gasteiger partial charge in [-0.3, -0.25) is 4.90 Å². The number of aromatic nitrogens is 1. The van der Waals surface area contributed by atoms with Crippen molar-refractivity contribution in [3.8, 4) is 0 Å². The standard InChI is InChI=1S/C10H17N3S.ClH/c1-8-6-13(4-3-11-8)7-10-5-12-9(2)14-10;/h5,8,11H,3-4,6-7H2,1-2H3;1H. The fourth-order valence-electron chi connectivity index (χ4n) is 1.85. The van der Waals surface area contributed by atoms with Crippen LogP contribution in [0.4, 0.5) is 0 Å². The fraction of sp³-hybridized carbons (Fsp3) is 0.700. The lowest BCUT2D eigenvalue weighted by Crippen LogP contribution is -2.48. The molecule has 0 amide bonds. The molecule has 1 aromatic rings. The van der Waals surface area contributed by atoms with E-state index in [0.717, 1.165) is 26.2 Å². The van der Waals surface area contributed by atoms with Gasteiger partial charge in [0.05, 0.1) is 5.01 Å².